The van der Waals surface area contributed by atoms with Gasteiger partial charge in [0.05, 0.1) is 10.0 Å². The number of phenols is 1. The van der Waals surface area contributed by atoms with Gasteiger partial charge in [-0.3, -0.25) is 9.59 Å². The minimum atomic E-state index is -0.735. The first-order valence-corrected chi connectivity index (χ1v) is 10.8. The summed E-state index contributed by atoms with van der Waals surface area (Å²) in [6.45, 7) is 2.30. The number of nitrogens with one attached hydrogen (secondary N) is 1. The standard InChI is InChI=1S/C25H22BrFN2O3/c1-2-16-29(18-12-14-19(30)15-13-18)25(32)23(22(26)17-8-4-3-5-9-17)28-24(31)20-10-6-7-11-21(20)27/h3-15,30H,2,16H2,1H3,(H,28,31)/b23-22+. The molecule has 3 rings (SSSR count). The minimum Gasteiger partial charge on any atom is -0.508 e. The monoisotopic (exact) mass is 496 g/mol. The third-order valence-corrected chi connectivity index (χ3v) is 5.53. The minimum absolute atomic E-state index is 0.0222. The van der Waals surface area contributed by atoms with Gasteiger partial charge in [-0.05, 0) is 64.3 Å². The van der Waals surface area contributed by atoms with E-state index in [4.69, 9.17) is 0 Å². The van der Waals surface area contributed by atoms with E-state index >= 15 is 0 Å². The van der Waals surface area contributed by atoms with Gasteiger partial charge in [0.1, 0.15) is 17.3 Å². The van der Waals surface area contributed by atoms with Crippen LogP contribution in [-0.4, -0.2) is 23.5 Å². The van der Waals surface area contributed by atoms with Crippen LogP contribution >= 0.6 is 15.9 Å². The third-order valence-electron chi connectivity index (χ3n) is 4.67. The van der Waals surface area contributed by atoms with Crippen LogP contribution in [-0.2, 0) is 4.79 Å². The molecule has 0 unspecified atom stereocenters. The smallest absolute Gasteiger partial charge is 0.275 e. The van der Waals surface area contributed by atoms with E-state index in [2.05, 4.69) is 21.2 Å². The molecular weight excluding hydrogens is 475 g/mol. The lowest BCUT2D eigenvalue weighted by molar-refractivity contribution is -0.115. The molecule has 0 bridgehead atoms. The number of phenolic OH excluding ortho intramolecular Hbond substituents is 1. The molecule has 0 aromatic heterocycles. The topological polar surface area (TPSA) is 69.6 Å². The van der Waals surface area contributed by atoms with Crippen LogP contribution in [0.2, 0.25) is 0 Å². The van der Waals surface area contributed by atoms with Crippen LogP contribution in [0.3, 0.4) is 0 Å². The Morgan fingerprint density at radius 2 is 1.59 bits per heavy atom. The first kappa shape index (κ1) is 23.2. The average molecular weight is 497 g/mol. The molecule has 0 fully saturated rings. The predicted octanol–water partition coefficient (Wildman–Crippen LogP) is 5.47. The second-order valence-corrected chi connectivity index (χ2v) is 7.76. The van der Waals surface area contributed by atoms with Crippen molar-refractivity contribution in [2.45, 2.75) is 13.3 Å². The van der Waals surface area contributed by atoms with Crippen molar-refractivity contribution < 1.29 is 19.1 Å². The first-order chi connectivity index (χ1) is 15.4. The van der Waals surface area contributed by atoms with Gasteiger partial charge < -0.3 is 15.3 Å². The molecule has 0 aliphatic carbocycles. The van der Waals surface area contributed by atoms with E-state index in [1.165, 1.54) is 35.2 Å². The molecule has 2 amide bonds. The van der Waals surface area contributed by atoms with Crippen molar-refractivity contribution in [1.82, 2.24) is 5.32 Å². The zero-order valence-electron chi connectivity index (χ0n) is 17.4. The Balaban J connectivity index is 2.06. The fraction of sp³-hybridized carbons (Fsp3) is 0.120. The molecule has 0 aliphatic rings. The summed E-state index contributed by atoms with van der Waals surface area (Å²) in [4.78, 5) is 28.0. The second kappa shape index (κ2) is 10.7. The van der Waals surface area contributed by atoms with Crippen LogP contribution in [0.5, 0.6) is 5.75 Å². The summed E-state index contributed by atoms with van der Waals surface area (Å²) in [5.74, 6) is -1.82. The van der Waals surface area contributed by atoms with Crippen LogP contribution in [0, 0.1) is 5.82 Å². The molecule has 164 valence electrons. The highest BCUT2D eigenvalue weighted by atomic mass is 79.9. The van der Waals surface area contributed by atoms with Crippen LogP contribution in [0.15, 0.2) is 84.6 Å². The normalized spacial score (nSPS) is 11.5. The highest BCUT2D eigenvalue weighted by Gasteiger charge is 2.26. The van der Waals surface area contributed by atoms with Gasteiger partial charge in [-0.2, -0.15) is 0 Å². The van der Waals surface area contributed by atoms with E-state index < -0.39 is 17.6 Å². The molecule has 5 nitrogen and oxygen atoms in total. The maximum Gasteiger partial charge on any atom is 0.275 e. The number of rotatable bonds is 7. The number of anilines is 1. The van der Waals surface area contributed by atoms with Crippen molar-refractivity contribution in [3.05, 3.63) is 102 Å². The quantitative estimate of drug-likeness (QED) is 0.426. The molecule has 7 heteroatoms. The molecular formula is C25H22BrFN2O3. The number of carbonyl (C=O) groups is 2. The predicted molar refractivity (Wildman–Crippen MR) is 127 cm³/mol. The Hall–Kier alpha value is -3.45. The number of halogens is 2. The van der Waals surface area contributed by atoms with Gasteiger partial charge in [0.15, 0.2) is 0 Å². The van der Waals surface area contributed by atoms with E-state index in [-0.39, 0.29) is 17.0 Å². The number of amides is 2. The van der Waals surface area contributed by atoms with E-state index in [0.29, 0.717) is 28.7 Å². The SMILES string of the molecule is CCCN(C(=O)/C(NC(=O)c1ccccc1F)=C(\Br)c1ccccc1)c1ccc(O)cc1. The molecule has 3 aromatic rings. The van der Waals surface area contributed by atoms with E-state index in [0.717, 1.165) is 0 Å². The molecule has 0 spiro atoms. The highest BCUT2D eigenvalue weighted by molar-refractivity contribution is 9.15. The lowest BCUT2D eigenvalue weighted by Crippen LogP contribution is -2.39. The van der Waals surface area contributed by atoms with Crippen molar-refractivity contribution in [3.63, 3.8) is 0 Å². The molecule has 2 N–H and O–H groups in total. The van der Waals surface area contributed by atoms with Crippen molar-refractivity contribution in [1.29, 1.82) is 0 Å². The number of hydrogen-bond acceptors (Lipinski definition) is 3. The van der Waals surface area contributed by atoms with Crippen LogP contribution in [0.4, 0.5) is 10.1 Å². The summed E-state index contributed by atoms with van der Waals surface area (Å²) in [6, 6.07) is 20.8. The van der Waals surface area contributed by atoms with E-state index in [1.54, 1.807) is 42.5 Å². The van der Waals surface area contributed by atoms with Crippen LogP contribution in [0.1, 0.15) is 29.3 Å². The Bertz CT molecular complexity index is 1130. The molecule has 0 heterocycles. The Labute approximate surface area is 194 Å². The fourth-order valence-electron chi connectivity index (χ4n) is 3.10. The molecule has 0 aliphatic heterocycles. The zero-order valence-corrected chi connectivity index (χ0v) is 19.0. The summed E-state index contributed by atoms with van der Waals surface area (Å²) in [7, 11) is 0. The molecule has 0 saturated heterocycles. The summed E-state index contributed by atoms with van der Waals surface area (Å²) in [6.07, 6.45) is 0.657. The zero-order chi connectivity index (χ0) is 23.1. The molecule has 3 aromatic carbocycles. The second-order valence-electron chi connectivity index (χ2n) is 6.96. The Kier molecular flexibility index (Phi) is 7.78. The number of carbonyl (C=O) groups excluding carboxylic acids is 2. The summed E-state index contributed by atoms with van der Waals surface area (Å²) in [5.41, 5.74) is 1.04. The average Bonchev–Trinajstić information content (AvgIpc) is 2.81. The highest BCUT2D eigenvalue weighted by Crippen LogP contribution is 2.28. The van der Waals surface area contributed by atoms with Gasteiger partial charge in [0.2, 0.25) is 0 Å². The number of hydrogen-bond donors (Lipinski definition) is 2. The maximum absolute atomic E-state index is 14.2. The molecule has 0 atom stereocenters. The van der Waals surface area contributed by atoms with Gasteiger partial charge in [0.25, 0.3) is 11.8 Å². The van der Waals surface area contributed by atoms with Gasteiger partial charge in [-0.25, -0.2) is 4.39 Å². The lowest BCUT2D eigenvalue weighted by atomic mass is 10.1. The van der Waals surface area contributed by atoms with Crippen molar-refractivity contribution in [2.75, 3.05) is 11.4 Å². The molecule has 0 saturated carbocycles. The van der Waals surface area contributed by atoms with Gasteiger partial charge in [0, 0.05) is 12.2 Å². The Morgan fingerprint density at radius 3 is 2.22 bits per heavy atom. The fourth-order valence-corrected chi connectivity index (χ4v) is 3.63. The van der Waals surface area contributed by atoms with E-state index in [9.17, 15) is 19.1 Å². The summed E-state index contributed by atoms with van der Waals surface area (Å²) in [5, 5.41) is 12.2. The molecule has 32 heavy (non-hydrogen) atoms. The van der Waals surface area contributed by atoms with Gasteiger partial charge in [-0.15, -0.1) is 0 Å². The molecule has 0 radical (unpaired) electrons. The van der Waals surface area contributed by atoms with Crippen LogP contribution < -0.4 is 10.2 Å². The Morgan fingerprint density at radius 1 is 0.969 bits per heavy atom. The number of aromatic hydroxyl groups is 1. The summed E-state index contributed by atoms with van der Waals surface area (Å²) >= 11 is 3.46. The van der Waals surface area contributed by atoms with Crippen molar-refractivity contribution >= 4 is 37.9 Å². The van der Waals surface area contributed by atoms with E-state index in [1.807, 2.05) is 13.0 Å². The first-order valence-electron chi connectivity index (χ1n) is 10.0. The number of nitrogens with zero attached hydrogens (tertiary/aromatic N) is 1. The van der Waals surface area contributed by atoms with Crippen LogP contribution in [0.25, 0.3) is 4.48 Å². The van der Waals surface area contributed by atoms with Gasteiger partial charge >= 0.3 is 0 Å². The lowest BCUT2D eigenvalue weighted by Gasteiger charge is -2.25. The maximum atomic E-state index is 14.2. The van der Waals surface area contributed by atoms with Crippen molar-refractivity contribution in [2.24, 2.45) is 0 Å². The largest absolute Gasteiger partial charge is 0.508 e. The third kappa shape index (κ3) is 5.42. The van der Waals surface area contributed by atoms with Gasteiger partial charge in [-0.1, -0.05) is 49.4 Å². The summed E-state index contributed by atoms with van der Waals surface area (Å²) < 4.78 is 14.6. The van der Waals surface area contributed by atoms with Crippen molar-refractivity contribution in [3.8, 4) is 5.75 Å². The number of benzene rings is 3.